The van der Waals surface area contributed by atoms with Gasteiger partial charge in [0.2, 0.25) is 0 Å². The first-order valence-electron chi connectivity index (χ1n) is 6.45. The van der Waals surface area contributed by atoms with Gasteiger partial charge in [-0.2, -0.15) is 0 Å². The molecule has 1 aliphatic rings. The monoisotopic (exact) mass is 316 g/mol. The second-order valence-corrected chi connectivity index (χ2v) is 6.22. The Morgan fingerprint density at radius 2 is 2.00 bits per heavy atom. The van der Waals surface area contributed by atoms with Crippen LogP contribution in [-0.2, 0) is 4.79 Å². The minimum absolute atomic E-state index is 0.215. The van der Waals surface area contributed by atoms with Gasteiger partial charge in [0.1, 0.15) is 5.01 Å². The van der Waals surface area contributed by atoms with Gasteiger partial charge in [-0.1, -0.05) is 30.3 Å². The number of thiazole rings is 1. The number of hydrogen-bond donors (Lipinski definition) is 0. The maximum Gasteiger partial charge on any atom is 0.293 e. The molecule has 1 saturated heterocycles. The minimum Gasteiger partial charge on any atom is -0.269 e. The fourth-order valence-corrected chi connectivity index (χ4v) is 3.64. The van der Waals surface area contributed by atoms with E-state index in [2.05, 4.69) is 4.98 Å². The number of hydrogen-bond acceptors (Lipinski definition) is 5. The van der Waals surface area contributed by atoms with Gasteiger partial charge >= 0.3 is 0 Å². The third-order valence-corrected chi connectivity index (χ3v) is 4.83. The quantitative estimate of drug-likeness (QED) is 0.807. The van der Waals surface area contributed by atoms with Crippen molar-refractivity contribution in [3.63, 3.8) is 0 Å². The van der Waals surface area contributed by atoms with Crippen molar-refractivity contribution in [3.8, 4) is 10.6 Å². The van der Waals surface area contributed by atoms with E-state index in [0.29, 0.717) is 17.1 Å². The number of carbonyl (C=O) groups is 2. The Hall–Kier alpha value is -1.92. The van der Waals surface area contributed by atoms with Gasteiger partial charge in [-0.25, -0.2) is 4.98 Å². The van der Waals surface area contributed by atoms with Crippen LogP contribution in [0.1, 0.15) is 12.6 Å². The zero-order valence-corrected chi connectivity index (χ0v) is 12.9. The summed E-state index contributed by atoms with van der Waals surface area (Å²) < 4.78 is 0. The second-order valence-electron chi connectivity index (χ2n) is 4.37. The fraction of sp³-hybridized carbons (Fsp3) is 0.133. The molecule has 0 N–H and O–H groups in total. The number of aromatic nitrogens is 1. The lowest BCUT2D eigenvalue weighted by Gasteiger charge is -2.06. The Bertz CT molecular complexity index is 722. The SMILES string of the molecule is CCN1C(=O)S/C(=C\c2csc(-c3ccccc3)n2)C1=O. The first-order chi connectivity index (χ1) is 10.2. The average molecular weight is 316 g/mol. The van der Waals surface area contributed by atoms with E-state index in [0.717, 1.165) is 22.3 Å². The number of amides is 2. The van der Waals surface area contributed by atoms with Crippen LogP contribution < -0.4 is 0 Å². The molecule has 4 nitrogen and oxygen atoms in total. The van der Waals surface area contributed by atoms with E-state index in [1.165, 1.54) is 16.2 Å². The summed E-state index contributed by atoms with van der Waals surface area (Å²) in [6.45, 7) is 2.18. The third-order valence-electron chi connectivity index (χ3n) is 3.01. The van der Waals surface area contributed by atoms with Crippen LogP contribution in [0.3, 0.4) is 0 Å². The molecule has 106 valence electrons. The Kier molecular flexibility index (Phi) is 3.90. The van der Waals surface area contributed by atoms with Gasteiger partial charge in [-0.05, 0) is 24.8 Å². The molecule has 0 saturated carbocycles. The molecule has 21 heavy (non-hydrogen) atoms. The lowest BCUT2D eigenvalue weighted by molar-refractivity contribution is -0.122. The smallest absolute Gasteiger partial charge is 0.269 e. The number of rotatable bonds is 3. The molecule has 1 aromatic heterocycles. The van der Waals surface area contributed by atoms with Crippen LogP contribution in [0.4, 0.5) is 4.79 Å². The van der Waals surface area contributed by atoms with Gasteiger partial charge in [-0.3, -0.25) is 14.5 Å². The first kappa shape index (κ1) is 14.0. The molecule has 2 aromatic rings. The summed E-state index contributed by atoms with van der Waals surface area (Å²) in [4.78, 5) is 29.8. The summed E-state index contributed by atoms with van der Waals surface area (Å²) >= 11 is 2.49. The van der Waals surface area contributed by atoms with Crippen molar-refractivity contribution in [2.45, 2.75) is 6.92 Å². The van der Waals surface area contributed by atoms with Gasteiger partial charge in [0.15, 0.2) is 0 Å². The van der Waals surface area contributed by atoms with Crippen LogP contribution in [0.2, 0.25) is 0 Å². The van der Waals surface area contributed by atoms with Crippen LogP contribution in [0.15, 0.2) is 40.6 Å². The molecule has 1 fully saturated rings. The second kappa shape index (κ2) is 5.83. The van der Waals surface area contributed by atoms with E-state index in [1.54, 1.807) is 13.0 Å². The predicted molar refractivity (Wildman–Crippen MR) is 85.9 cm³/mol. The van der Waals surface area contributed by atoms with Crippen LogP contribution in [0.25, 0.3) is 16.6 Å². The maximum absolute atomic E-state index is 12.0. The highest BCUT2D eigenvalue weighted by molar-refractivity contribution is 8.18. The van der Waals surface area contributed by atoms with E-state index >= 15 is 0 Å². The molecular weight excluding hydrogens is 304 g/mol. The lowest BCUT2D eigenvalue weighted by Crippen LogP contribution is -2.27. The highest BCUT2D eigenvalue weighted by atomic mass is 32.2. The number of carbonyl (C=O) groups excluding carboxylic acids is 2. The highest BCUT2D eigenvalue weighted by Gasteiger charge is 2.33. The van der Waals surface area contributed by atoms with Crippen molar-refractivity contribution in [3.05, 3.63) is 46.3 Å². The molecule has 0 radical (unpaired) electrons. The number of thioether (sulfide) groups is 1. The maximum atomic E-state index is 12.0. The molecule has 2 amide bonds. The van der Waals surface area contributed by atoms with Crippen molar-refractivity contribution in [1.29, 1.82) is 0 Å². The number of benzene rings is 1. The molecule has 0 unspecified atom stereocenters. The van der Waals surface area contributed by atoms with E-state index < -0.39 is 0 Å². The normalized spacial score (nSPS) is 17.0. The molecule has 0 bridgehead atoms. The van der Waals surface area contributed by atoms with Gasteiger partial charge in [0.25, 0.3) is 11.1 Å². The molecule has 6 heteroatoms. The Morgan fingerprint density at radius 3 is 2.67 bits per heavy atom. The lowest BCUT2D eigenvalue weighted by atomic mass is 10.2. The topological polar surface area (TPSA) is 50.3 Å². The van der Waals surface area contributed by atoms with Crippen LogP contribution >= 0.6 is 23.1 Å². The number of imide groups is 1. The van der Waals surface area contributed by atoms with Gasteiger partial charge in [0, 0.05) is 17.5 Å². The van der Waals surface area contributed by atoms with Gasteiger partial charge < -0.3 is 0 Å². The van der Waals surface area contributed by atoms with Gasteiger partial charge in [-0.15, -0.1) is 11.3 Å². The Morgan fingerprint density at radius 1 is 1.24 bits per heavy atom. The summed E-state index contributed by atoms with van der Waals surface area (Å²) in [5.41, 5.74) is 1.75. The Balaban J connectivity index is 1.87. The molecule has 0 spiro atoms. The largest absolute Gasteiger partial charge is 0.293 e. The molecule has 1 aromatic carbocycles. The number of likely N-dealkylation sites (N-methyl/N-ethyl adjacent to an activating group) is 1. The van der Waals surface area contributed by atoms with Crippen molar-refractivity contribution in [2.75, 3.05) is 6.54 Å². The summed E-state index contributed by atoms with van der Waals surface area (Å²) in [6, 6.07) is 9.87. The average Bonchev–Trinajstić information content (AvgIpc) is 3.06. The summed E-state index contributed by atoms with van der Waals surface area (Å²) in [5.74, 6) is -0.234. The van der Waals surface area contributed by atoms with Crippen molar-refractivity contribution in [2.24, 2.45) is 0 Å². The Labute approximate surface area is 130 Å². The van der Waals surface area contributed by atoms with E-state index in [9.17, 15) is 9.59 Å². The summed E-state index contributed by atoms with van der Waals surface area (Å²) in [5, 5.41) is 2.58. The van der Waals surface area contributed by atoms with Crippen LogP contribution in [0.5, 0.6) is 0 Å². The predicted octanol–water partition coefficient (Wildman–Crippen LogP) is 3.87. The third kappa shape index (κ3) is 2.77. The molecular formula is C15H12N2O2S2. The van der Waals surface area contributed by atoms with E-state index in [4.69, 9.17) is 0 Å². The first-order valence-corrected chi connectivity index (χ1v) is 8.15. The molecule has 1 aliphatic heterocycles. The summed E-state index contributed by atoms with van der Waals surface area (Å²) in [6.07, 6.45) is 1.68. The molecule has 0 aliphatic carbocycles. The van der Waals surface area contributed by atoms with Crippen molar-refractivity contribution in [1.82, 2.24) is 9.88 Å². The molecule has 3 rings (SSSR count). The molecule has 2 heterocycles. The molecule has 0 atom stereocenters. The van der Waals surface area contributed by atoms with Crippen LogP contribution in [0, 0.1) is 0 Å². The fourth-order valence-electron chi connectivity index (χ4n) is 1.97. The van der Waals surface area contributed by atoms with Crippen LogP contribution in [-0.4, -0.2) is 27.6 Å². The minimum atomic E-state index is -0.234. The highest BCUT2D eigenvalue weighted by Crippen LogP contribution is 2.32. The van der Waals surface area contributed by atoms with Crippen molar-refractivity contribution >= 4 is 40.3 Å². The standard InChI is InChI=1S/C15H12N2O2S2/c1-2-17-14(18)12(21-15(17)19)8-11-9-20-13(16-11)10-6-4-3-5-7-10/h3-9H,2H2,1H3/b12-8-. The summed E-state index contributed by atoms with van der Waals surface area (Å²) in [7, 11) is 0. The van der Waals surface area contributed by atoms with E-state index in [-0.39, 0.29) is 11.1 Å². The number of nitrogens with zero attached hydrogens (tertiary/aromatic N) is 2. The van der Waals surface area contributed by atoms with Gasteiger partial charge in [0.05, 0.1) is 10.6 Å². The van der Waals surface area contributed by atoms with E-state index in [1.807, 2.05) is 35.7 Å². The zero-order chi connectivity index (χ0) is 14.8. The van der Waals surface area contributed by atoms with Crippen molar-refractivity contribution < 1.29 is 9.59 Å². The zero-order valence-electron chi connectivity index (χ0n) is 11.3.